The monoisotopic (exact) mass is 328 g/mol. The van der Waals surface area contributed by atoms with E-state index >= 15 is 0 Å². The molecule has 128 valence electrons. The Hall–Kier alpha value is -1.73. The molecular weight excluding hydrogens is 306 g/mol. The third-order valence-electron chi connectivity index (χ3n) is 4.05. The average molecular weight is 328 g/mol. The van der Waals surface area contributed by atoms with Crippen LogP contribution in [-0.4, -0.2) is 49.2 Å². The van der Waals surface area contributed by atoms with Crippen LogP contribution in [0.15, 0.2) is 24.3 Å². The molecule has 0 spiro atoms. The van der Waals surface area contributed by atoms with Gasteiger partial charge >= 0.3 is 6.61 Å². The van der Waals surface area contributed by atoms with Crippen LogP contribution in [0.3, 0.4) is 0 Å². The first-order valence-corrected chi connectivity index (χ1v) is 7.65. The fourth-order valence-electron chi connectivity index (χ4n) is 2.60. The third-order valence-corrected chi connectivity index (χ3v) is 4.05. The maximum atomic E-state index is 12.1. The molecule has 1 saturated heterocycles. The zero-order valence-electron chi connectivity index (χ0n) is 13.0. The van der Waals surface area contributed by atoms with Crippen molar-refractivity contribution in [2.75, 3.05) is 26.7 Å². The molecule has 0 aliphatic carbocycles. The molecule has 1 fully saturated rings. The van der Waals surface area contributed by atoms with E-state index < -0.39 is 12.7 Å². The van der Waals surface area contributed by atoms with E-state index in [2.05, 4.69) is 15.0 Å². The van der Waals surface area contributed by atoms with Gasteiger partial charge in [-0.25, -0.2) is 0 Å². The lowest BCUT2D eigenvalue weighted by atomic mass is 9.96. The largest absolute Gasteiger partial charge is 0.435 e. The van der Waals surface area contributed by atoms with Gasteiger partial charge in [-0.05, 0) is 50.7 Å². The molecule has 2 rings (SSSR count). The van der Waals surface area contributed by atoms with E-state index in [0.29, 0.717) is 5.56 Å². The lowest BCUT2D eigenvalue weighted by Crippen LogP contribution is -2.40. The van der Waals surface area contributed by atoms with Crippen LogP contribution in [0.25, 0.3) is 0 Å². The highest BCUT2D eigenvalue weighted by Gasteiger charge is 2.23. The summed E-state index contributed by atoms with van der Waals surface area (Å²) in [5, 5.41) is 12.8. The summed E-state index contributed by atoms with van der Waals surface area (Å²) >= 11 is 0. The second kappa shape index (κ2) is 8.21. The van der Waals surface area contributed by atoms with E-state index in [4.69, 9.17) is 0 Å². The lowest BCUT2D eigenvalue weighted by Gasteiger charge is -2.28. The molecule has 1 atom stereocenters. The number of aliphatic hydroxyl groups is 1. The number of rotatable bonds is 6. The number of hydrogen-bond acceptors (Lipinski definition) is 4. The minimum atomic E-state index is -2.88. The Morgan fingerprint density at radius 2 is 1.96 bits per heavy atom. The Morgan fingerprint density at radius 3 is 2.52 bits per heavy atom. The molecule has 0 radical (unpaired) electrons. The number of nitrogens with zero attached hydrogens (tertiary/aromatic N) is 1. The molecule has 23 heavy (non-hydrogen) atoms. The highest BCUT2D eigenvalue weighted by atomic mass is 19.3. The number of hydrogen-bond donors (Lipinski definition) is 2. The molecule has 1 amide bonds. The van der Waals surface area contributed by atoms with Crippen molar-refractivity contribution >= 4 is 5.91 Å². The molecule has 1 heterocycles. The minimum Gasteiger partial charge on any atom is -0.435 e. The van der Waals surface area contributed by atoms with Gasteiger partial charge in [0.1, 0.15) is 5.75 Å². The van der Waals surface area contributed by atoms with Gasteiger partial charge in [0.15, 0.2) is 0 Å². The Balaban J connectivity index is 1.79. The molecular formula is C16H22F2N2O3. The van der Waals surface area contributed by atoms with Gasteiger partial charge in [-0.1, -0.05) is 12.1 Å². The molecule has 2 N–H and O–H groups in total. The Bertz CT molecular complexity index is 503. The minimum absolute atomic E-state index is 0.0137. The topological polar surface area (TPSA) is 61.8 Å². The smallest absolute Gasteiger partial charge is 0.387 e. The van der Waals surface area contributed by atoms with Crippen LogP contribution >= 0.6 is 0 Å². The number of nitrogens with one attached hydrogen (secondary N) is 1. The molecule has 5 nitrogen and oxygen atoms in total. The molecule has 1 aromatic carbocycles. The number of piperidine rings is 1. The molecule has 1 unspecified atom stereocenters. The zero-order valence-corrected chi connectivity index (χ0v) is 13.0. The normalized spacial score (nSPS) is 18.0. The number of carbonyl (C=O) groups is 1. The quantitative estimate of drug-likeness (QED) is 0.836. The van der Waals surface area contributed by atoms with Crippen LogP contribution in [0.2, 0.25) is 0 Å². The molecule has 1 aromatic rings. The summed E-state index contributed by atoms with van der Waals surface area (Å²) in [5.74, 6) is -0.0265. The summed E-state index contributed by atoms with van der Waals surface area (Å²) < 4.78 is 28.4. The number of likely N-dealkylation sites (tertiary alicyclic amines) is 1. The first-order valence-electron chi connectivity index (χ1n) is 7.65. The van der Waals surface area contributed by atoms with Gasteiger partial charge in [0.05, 0.1) is 6.10 Å². The first kappa shape index (κ1) is 17.6. The Labute approximate surface area is 134 Å². The number of aliphatic hydroxyl groups excluding tert-OH is 1. The fraction of sp³-hybridized carbons (Fsp3) is 0.562. The number of benzene rings is 1. The van der Waals surface area contributed by atoms with Crippen LogP contribution < -0.4 is 10.1 Å². The van der Waals surface area contributed by atoms with Gasteiger partial charge in [0.25, 0.3) is 0 Å². The van der Waals surface area contributed by atoms with Gasteiger partial charge in [-0.2, -0.15) is 8.78 Å². The highest BCUT2D eigenvalue weighted by Crippen LogP contribution is 2.20. The second-order valence-corrected chi connectivity index (χ2v) is 5.79. The first-order chi connectivity index (χ1) is 11.0. The Kier molecular flexibility index (Phi) is 6.29. The average Bonchev–Trinajstić information content (AvgIpc) is 2.53. The number of ether oxygens (including phenoxy) is 1. The lowest BCUT2D eigenvalue weighted by molar-refractivity contribution is -0.126. The molecule has 0 bridgehead atoms. The van der Waals surface area contributed by atoms with Crippen molar-refractivity contribution in [3.63, 3.8) is 0 Å². The van der Waals surface area contributed by atoms with E-state index in [1.807, 2.05) is 7.05 Å². The number of halogens is 2. The van der Waals surface area contributed by atoms with Crippen molar-refractivity contribution < 1.29 is 23.4 Å². The maximum Gasteiger partial charge on any atom is 0.387 e. The summed E-state index contributed by atoms with van der Waals surface area (Å²) in [5.41, 5.74) is 0.537. The predicted octanol–water partition coefficient (Wildman–Crippen LogP) is 1.78. The van der Waals surface area contributed by atoms with Crippen LogP contribution in [-0.2, 0) is 4.79 Å². The van der Waals surface area contributed by atoms with Crippen molar-refractivity contribution in [1.82, 2.24) is 10.2 Å². The molecule has 7 heteroatoms. The molecule has 0 saturated carbocycles. The van der Waals surface area contributed by atoms with Crippen molar-refractivity contribution in [3.8, 4) is 5.75 Å². The number of alkyl halides is 2. The van der Waals surface area contributed by atoms with E-state index in [1.54, 1.807) is 0 Å². The molecule has 0 aromatic heterocycles. The number of amides is 1. The van der Waals surface area contributed by atoms with Gasteiger partial charge in [-0.3, -0.25) is 4.79 Å². The fourth-order valence-corrected chi connectivity index (χ4v) is 2.60. The van der Waals surface area contributed by atoms with E-state index in [1.165, 1.54) is 24.3 Å². The SMILES string of the molecule is CN1CCC(C(=O)NCC(O)c2ccc(OC(F)F)cc2)CC1. The van der Waals surface area contributed by atoms with E-state index in [-0.39, 0.29) is 24.1 Å². The van der Waals surface area contributed by atoms with E-state index in [9.17, 15) is 18.7 Å². The standard InChI is InChI=1S/C16H22F2N2O3/c1-20-8-6-12(7-9-20)15(22)19-10-14(21)11-2-4-13(5-3-11)23-16(17)18/h2-5,12,14,16,21H,6-10H2,1H3,(H,19,22). The van der Waals surface area contributed by atoms with Crippen LogP contribution in [0, 0.1) is 5.92 Å². The summed E-state index contributed by atoms with van der Waals surface area (Å²) in [6, 6.07) is 5.74. The summed E-state index contributed by atoms with van der Waals surface area (Å²) in [6.07, 6.45) is 0.752. The summed E-state index contributed by atoms with van der Waals surface area (Å²) in [4.78, 5) is 14.3. The second-order valence-electron chi connectivity index (χ2n) is 5.79. The van der Waals surface area contributed by atoms with Crippen LogP contribution in [0.4, 0.5) is 8.78 Å². The molecule has 1 aliphatic rings. The number of carbonyl (C=O) groups excluding carboxylic acids is 1. The Morgan fingerprint density at radius 1 is 1.35 bits per heavy atom. The molecule has 1 aliphatic heterocycles. The van der Waals surface area contributed by atoms with Crippen LogP contribution in [0.5, 0.6) is 5.75 Å². The highest BCUT2D eigenvalue weighted by molar-refractivity contribution is 5.78. The van der Waals surface area contributed by atoms with Crippen molar-refractivity contribution in [2.24, 2.45) is 5.92 Å². The van der Waals surface area contributed by atoms with Crippen molar-refractivity contribution in [2.45, 2.75) is 25.6 Å². The van der Waals surface area contributed by atoms with Crippen molar-refractivity contribution in [1.29, 1.82) is 0 Å². The maximum absolute atomic E-state index is 12.1. The van der Waals surface area contributed by atoms with Crippen LogP contribution in [0.1, 0.15) is 24.5 Å². The zero-order chi connectivity index (χ0) is 16.8. The van der Waals surface area contributed by atoms with Gasteiger partial charge in [0.2, 0.25) is 5.91 Å². The van der Waals surface area contributed by atoms with Gasteiger partial charge in [0, 0.05) is 12.5 Å². The van der Waals surface area contributed by atoms with Gasteiger partial charge in [-0.15, -0.1) is 0 Å². The predicted molar refractivity (Wildman–Crippen MR) is 81.3 cm³/mol. The van der Waals surface area contributed by atoms with Crippen molar-refractivity contribution in [3.05, 3.63) is 29.8 Å². The van der Waals surface area contributed by atoms with E-state index in [0.717, 1.165) is 25.9 Å². The van der Waals surface area contributed by atoms with Gasteiger partial charge < -0.3 is 20.1 Å². The third kappa shape index (κ3) is 5.44. The summed E-state index contributed by atoms with van der Waals surface area (Å²) in [6.45, 7) is -0.988. The summed E-state index contributed by atoms with van der Waals surface area (Å²) in [7, 11) is 2.03.